The van der Waals surface area contributed by atoms with E-state index in [1.165, 1.54) is 10.4 Å². The molecule has 0 fully saturated rings. The molecule has 0 radical (unpaired) electrons. The van der Waals surface area contributed by atoms with Crippen molar-refractivity contribution in [3.8, 4) is 10.6 Å². The molecule has 0 bridgehead atoms. The Labute approximate surface area is 204 Å². The van der Waals surface area contributed by atoms with Gasteiger partial charge in [0.1, 0.15) is 10.0 Å². The Morgan fingerprint density at radius 3 is 2.74 bits per heavy atom. The van der Waals surface area contributed by atoms with Crippen molar-refractivity contribution in [2.45, 2.75) is 13.0 Å². The van der Waals surface area contributed by atoms with Crippen molar-refractivity contribution in [1.82, 2.24) is 9.88 Å². The van der Waals surface area contributed by atoms with Crippen LogP contribution in [0.15, 0.2) is 42.5 Å². The summed E-state index contributed by atoms with van der Waals surface area (Å²) in [6, 6.07) is 13.0. The first-order chi connectivity index (χ1) is 14.5. The minimum absolute atomic E-state index is 0. The van der Waals surface area contributed by atoms with E-state index in [0.29, 0.717) is 15.6 Å². The molecule has 9 heteroatoms. The van der Waals surface area contributed by atoms with Crippen LogP contribution in [0.3, 0.4) is 0 Å². The fourth-order valence-electron chi connectivity index (χ4n) is 3.67. The van der Waals surface area contributed by atoms with Gasteiger partial charge in [-0.15, -0.1) is 35.1 Å². The van der Waals surface area contributed by atoms with Gasteiger partial charge in [-0.2, -0.15) is 0 Å². The number of fused-ring (bicyclic) bond motifs is 2. The number of rotatable bonds is 3. The SMILES string of the molecule is CN1CCc2c(sc(NC(=O)c3ccc(Cl)cc3Cl)c2-c2nc3ccccc3s2)C1.Cl. The van der Waals surface area contributed by atoms with Crippen molar-refractivity contribution in [1.29, 1.82) is 0 Å². The number of hydrogen-bond acceptors (Lipinski definition) is 5. The summed E-state index contributed by atoms with van der Waals surface area (Å²) in [6.45, 7) is 1.85. The summed E-state index contributed by atoms with van der Waals surface area (Å²) in [5.74, 6) is -0.244. The maximum atomic E-state index is 13.0. The van der Waals surface area contributed by atoms with Gasteiger partial charge in [0.15, 0.2) is 0 Å². The van der Waals surface area contributed by atoms with Crippen molar-refractivity contribution in [2.24, 2.45) is 0 Å². The Bertz CT molecular complexity index is 1250. The molecule has 1 aliphatic heterocycles. The van der Waals surface area contributed by atoms with E-state index in [1.807, 2.05) is 18.2 Å². The quantitative estimate of drug-likeness (QED) is 0.323. The fourth-order valence-corrected chi connectivity index (χ4v) is 6.60. The minimum Gasteiger partial charge on any atom is -0.313 e. The number of benzene rings is 2. The van der Waals surface area contributed by atoms with E-state index in [2.05, 4.69) is 23.3 Å². The molecule has 0 saturated carbocycles. The van der Waals surface area contributed by atoms with Crippen LogP contribution in [0.25, 0.3) is 20.8 Å². The lowest BCUT2D eigenvalue weighted by Crippen LogP contribution is -2.25. The Morgan fingerprint density at radius 2 is 1.97 bits per heavy atom. The van der Waals surface area contributed by atoms with Crippen LogP contribution < -0.4 is 5.32 Å². The van der Waals surface area contributed by atoms with Gasteiger partial charge in [0.05, 0.1) is 20.8 Å². The average molecular weight is 511 g/mol. The van der Waals surface area contributed by atoms with Gasteiger partial charge in [-0.1, -0.05) is 35.3 Å². The van der Waals surface area contributed by atoms with E-state index in [0.717, 1.165) is 45.3 Å². The molecule has 0 unspecified atom stereocenters. The van der Waals surface area contributed by atoms with Crippen LogP contribution in [0.2, 0.25) is 10.0 Å². The van der Waals surface area contributed by atoms with Gasteiger partial charge in [-0.05, 0) is 49.4 Å². The minimum atomic E-state index is -0.244. The van der Waals surface area contributed by atoms with Crippen molar-refractivity contribution >= 4 is 79.4 Å². The maximum absolute atomic E-state index is 13.0. The van der Waals surface area contributed by atoms with Crippen molar-refractivity contribution < 1.29 is 4.79 Å². The van der Waals surface area contributed by atoms with Crippen LogP contribution in [-0.4, -0.2) is 29.4 Å². The zero-order valence-corrected chi connectivity index (χ0v) is 20.4. The first-order valence-electron chi connectivity index (χ1n) is 9.45. The van der Waals surface area contributed by atoms with E-state index in [-0.39, 0.29) is 18.3 Å². The number of halogens is 3. The average Bonchev–Trinajstić information content (AvgIpc) is 3.27. The summed E-state index contributed by atoms with van der Waals surface area (Å²) < 4.78 is 1.14. The molecule has 2 aromatic heterocycles. The number of aromatic nitrogens is 1. The van der Waals surface area contributed by atoms with Crippen molar-refractivity contribution in [2.75, 3.05) is 18.9 Å². The Morgan fingerprint density at radius 1 is 1.16 bits per heavy atom. The molecule has 4 aromatic rings. The predicted octanol–water partition coefficient (Wildman–Crippen LogP) is 6.99. The summed E-state index contributed by atoms with van der Waals surface area (Å²) in [6.07, 6.45) is 0.936. The number of amides is 1. The number of para-hydroxylation sites is 1. The van der Waals surface area contributed by atoms with E-state index in [1.54, 1.807) is 40.9 Å². The highest BCUT2D eigenvalue weighted by molar-refractivity contribution is 7.23. The third-order valence-corrected chi connectivity index (χ3v) is 7.89. The van der Waals surface area contributed by atoms with Gasteiger partial charge in [0.2, 0.25) is 0 Å². The highest BCUT2D eigenvalue weighted by atomic mass is 35.5. The first-order valence-corrected chi connectivity index (χ1v) is 11.8. The monoisotopic (exact) mass is 509 g/mol. The van der Waals surface area contributed by atoms with Crippen molar-refractivity contribution in [3.05, 3.63) is 68.5 Å². The topological polar surface area (TPSA) is 45.2 Å². The molecule has 31 heavy (non-hydrogen) atoms. The van der Waals surface area contributed by atoms with Crippen LogP contribution in [-0.2, 0) is 13.0 Å². The number of nitrogens with zero attached hydrogens (tertiary/aromatic N) is 2. The number of likely N-dealkylation sites (N-methyl/N-ethyl adjacent to an activating group) is 1. The van der Waals surface area contributed by atoms with Crippen molar-refractivity contribution in [3.63, 3.8) is 0 Å². The van der Waals surface area contributed by atoms with Gasteiger partial charge in [0, 0.05) is 28.6 Å². The molecule has 0 spiro atoms. The highest BCUT2D eigenvalue weighted by Gasteiger charge is 2.27. The lowest BCUT2D eigenvalue weighted by atomic mass is 10.0. The Balaban J connectivity index is 0.00000231. The molecular weight excluding hydrogens is 493 g/mol. The Hall–Kier alpha value is -1.67. The number of thiophene rings is 1. The maximum Gasteiger partial charge on any atom is 0.257 e. The number of carbonyl (C=O) groups is 1. The second-order valence-corrected chi connectivity index (χ2v) is 10.2. The zero-order valence-electron chi connectivity index (χ0n) is 16.4. The molecule has 160 valence electrons. The summed E-state index contributed by atoms with van der Waals surface area (Å²) in [5, 5.41) is 5.70. The lowest BCUT2D eigenvalue weighted by Gasteiger charge is -2.22. The fraction of sp³-hybridized carbons (Fsp3) is 0.182. The predicted molar refractivity (Wildman–Crippen MR) is 135 cm³/mol. The number of hydrogen-bond donors (Lipinski definition) is 1. The second kappa shape index (κ2) is 9.06. The molecule has 4 nitrogen and oxygen atoms in total. The smallest absolute Gasteiger partial charge is 0.257 e. The van der Waals surface area contributed by atoms with Crippen LogP contribution in [0, 0.1) is 0 Å². The third kappa shape index (κ3) is 4.33. The zero-order chi connectivity index (χ0) is 20.8. The van der Waals surface area contributed by atoms with Gasteiger partial charge < -0.3 is 10.2 Å². The summed E-state index contributed by atoms with van der Waals surface area (Å²) in [4.78, 5) is 21.5. The van der Waals surface area contributed by atoms with E-state index in [9.17, 15) is 4.79 Å². The van der Waals surface area contributed by atoms with Crippen LogP contribution in [0.4, 0.5) is 5.00 Å². The number of nitrogens with one attached hydrogen (secondary N) is 1. The van der Waals surface area contributed by atoms with Crippen LogP contribution in [0.1, 0.15) is 20.8 Å². The highest BCUT2D eigenvalue weighted by Crippen LogP contribution is 2.45. The molecule has 0 aliphatic carbocycles. The number of carbonyl (C=O) groups excluding carboxylic acids is 1. The van der Waals surface area contributed by atoms with Crippen LogP contribution in [0.5, 0.6) is 0 Å². The molecular formula is C22H18Cl3N3OS2. The molecule has 5 rings (SSSR count). The van der Waals surface area contributed by atoms with Gasteiger partial charge in [-0.25, -0.2) is 4.98 Å². The standard InChI is InChI=1S/C22H17Cl2N3OS2.ClH/c1-27-9-8-14-18(11-27)30-22(26-20(28)13-7-6-12(23)10-15(13)24)19(14)21-25-16-4-2-3-5-17(16)29-21;/h2-7,10H,8-9,11H2,1H3,(H,26,28);1H. The molecule has 0 saturated heterocycles. The van der Waals surface area contributed by atoms with E-state index >= 15 is 0 Å². The van der Waals surface area contributed by atoms with Gasteiger partial charge >= 0.3 is 0 Å². The first kappa shape index (κ1) is 22.5. The Kier molecular flexibility index (Phi) is 6.58. The largest absolute Gasteiger partial charge is 0.313 e. The van der Waals surface area contributed by atoms with Crippen LogP contribution >= 0.6 is 58.3 Å². The molecule has 1 N–H and O–H groups in total. The lowest BCUT2D eigenvalue weighted by molar-refractivity contribution is 0.102. The second-order valence-electron chi connectivity index (χ2n) is 7.26. The number of anilines is 1. The molecule has 3 heterocycles. The summed E-state index contributed by atoms with van der Waals surface area (Å²) >= 11 is 15.5. The molecule has 1 aliphatic rings. The van der Waals surface area contributed by atoms with Gasteiger partial charge in [-0.3, -0.25) is 4.79 Å². The summed E-state index contributed by atoms with van der Waals surface area (Å²) in [7, 11) is 2.12. The third-order valence-electron chi connectivity index (χ3n) is 5.16. The van der Waals surface area contributed by atoms with E-state index < -0.39 is 0 Å². The molecule has 1 amide bonds. The molecule has 2 aromatic carbocycles. The van der Waals surface area contributed by atoms with E-state index in [4.69, 9.17) is 28.2 Å². The molecule has 0 atom stereocenters. The number of thiazole rings is 1. The summed E-state index contributed by atoms with van der Waals surface area (Å²) in [5.41, 5.74) is 3.71. The van der Waals surface area contributed by atoms with Gasteiger partial charge in [0.25, 0.3) is 5.91 Å². The normalized spacial score (nSPS) is 13.6.